The molecule has 2 aromatic heterocycles. The molecule has 8 heteroatoms. The van der Waals surface area contributed by atoms with E-state index >= 15 is 0 Å². The first-order chi connectivity index (χ1) is 11.9. The molecule has 0 radical (unpaired) electrons. The van der Waals surface area contributed by atoms with Crippen LogP contribution >= 0.6 is 0 Å². The van der Waals surface area contributed by atoms with Gasteiger partial charge in [-0.05, 0) is 38.1 Å². The fraction of sp³-hybridized carbons (Fsp3) is 0.235. The van der Waals surface area contributed by atoms with Crippen molar-refractivity contribution in [3.63, 3.8) is 0 Å². The summed E-state index contributed by atoms with van der Waals surface area (Å²) >= 11 is 0. The average Bonchev–Trinajstić information content (AvgIpc) is 3.09. The van der Waals surface area contributed by atoms with E-state index in [1.165, 1.54) is 24.3 Å². The lowest BCUT2D eigenvalue weighted by Crippen LogP contribution is -2.17. The van der Waals surface area contributed by atoms with E-state index in [1.807, 2.05) is 6.92 Å². The van der Waals surface area contributed by atoms with Gasteiger partial charge in [0.25, 0.3) is 5.91 Å². The Morgan fingerprint density at radius 1 is 1.32 bits per heavy atom. The molecule has 3 aromatic rings. The molecule has 0 aliphatic rings. The molecule has 0 aliphatic heterocycles. The van der Waals surface area contributed by atoms with Gasteiger partial charge in [-0.1, -0.05) is 5.16 Å². The number of benzene rings is 1. The van der Waals surface area contributed by atoms with E-state index in [-0.39, 0.29) is 18.1 Å². The molecule has 3 rings (SSSR count). The molecule has 0 unspecified atom stereocenters. The second-order valence-electron chi connectivity index (χ2n) is 5.56. The van der Waals surface area contributed by atoms with Crippen molar-refractivity contribution in [3.8, 4) is 5.75 Å². The predicted molar refractivity (Wildman–Crippen MR) is 87.9 cm³/mol. The third-order valence-electron chi connectivity index (χ3n) is 3.64. The number of halogens is 1. The molecule has 0 saturated heterocycles. The lowest BCUT2D eigenvalue weighted by molar-refractivity contribution is 0.101. The van der Waals surface area contributed by atoms with Crippen molar-refractivity contribution < 1.29 is 18.4 Å². The Bertz CT molecular complexity index is 899. The summed E-state index contributed by atoms with van der Waals surface area (Å²) in [7, 11) is 1.73. The van der Waals surface area contributed by atoms with Crippen LogP contribution in [0.5, 0.6) is 5.75 Å². The number of aromatic nitrogens is 3. The van der Waals surface area contributed by atoms with Gasteiger partial charge < -0.3 is 14.6 Å². The van der Waals surface area contributed by atoms with E-state index in [1.54, 1.807) is 24.7 Å². The number of ether oxygens (including phenoxy) is 1. The largest absolute Gasteiger partial charge is 0.489 e. The van der Waals surface area contributed by atoms with Crippen molar-refractivity contribution in [2.24, 2.45) is 7.05 Å². The zero-order chi connectivity index (χ0) is 18.0. The smallest absolute Gasteiger partial charge is 0.279 e. The number of hydrogen-bond donors (Lipinski definition) is 1. The fourth-order valence-corrected chi connectivity index (χ4v) is 2.33. The standard InChI is InChI=1S/C17H17FN4O3/c1-10-8-15(22(3)20-10)19-17(23)16-14(11(2)25-21-16)9-24-13-6-4-12(18)5-7-13/h4-8H,9H2,1-3H3,(H,19,23). The van der Waals surface area contributed by atoms with Crippen molar-refractivity contribution in [1.29, 1.82) is 0 Å². The molecule has 0 saturated carbocycles. The minimum Gasteiger partial charge on any atom is -0.489 e. The Balaban J connectivity index is 1.75. The van der Waals surface area contributed by atoms with Gasteiger partial charge in [0.05, 0.1) is 11.3 Å². The van der Waals surface area contributed by atoms with E-state index in [4.69, 9.17) is 9.26 Å². The summed E-state index contributed by atoms with van der Waals surface area (Å²) in [6.07, 6.45) is 0. The maximum absolute atomic E-state index is 12.9. The van der Waals surface area contributed by atoms with Gasteiger partial charge in [0.1, 0.15) is 29.8 Å². The highest BCUT2D eigenvalue weighted by Gasteiger charge is 2.21. The summed E-state index contributed by atoms with van der Waals surface area (Å²) < 4.78 is 25.2. The van der Waals surface area contributed by atoms with Crippen LogP contribution in [0.15, 0.2) is 34.9 Å². The summed E-state index contributed by atoms with van der Waals surface area (Å²) in [5, 5.41) is 10.7. The molecule has 0 fully saturated rings. The molecule has 2 heterocycles. The Hall–Kier alpha value is -3.16. The third-order valence-corrected chi connectivity index (χ3v) is 3.64. The van der Waals surface area contributed by atoms with E-state index < -0.39 is 5.91 Å². The van der Waals surface area contributed by atoms with Crippen LogP contribution in [0.2, 0.25) is 0 Å². The second kappa shape index (κ2) is 6.76. The SMILES string of the molecule is Cc1cc(NC(=O)c2noc(C)c2COc2ccc(F)cc2)n(C)n1. The summed E-state index contributed by atoms with van der Waals surface area (Å²) in [4.78, 5) is 12.5. The number of carbonyl (C=O) groups excluding carboxylic acids is 1. The van der Waals surface area contributed by atoms with Crippen LogP contribution in [0.4, 0.5) is 10.2 Å². The van der Waals surface area contributed by atoms with Crippen LogP contribution in [0.25, 0.3) is 0 Å². The van der Waals surface area contributed by atoms with Crippen molar-refractivity contribution in [3.05, 3.63) is 58.9 Å². The highest BCUT2D eigenvalue weighted by Crippen LogP contribution is 2.19. The number of carbonyl (C=O) groups is 1. The monoisotopic (exact) mass is 344 g/mol. The van der Waals surface area contributed by atoms with Gasteiger partial charge in [-0.25, -0.2) is 4.39 Å². The maximum atomic E-state index is 12.9. The van der Waals surface area contributed by atoms with Crippen LogP contribution < -0.4 is 10.1 Å². The molecular formula is C17H17FN4O3. The van der Waals surface area contributed by atoms with Crippen LogP contribution in [0, 0.1) is 19.7 Å². The molecule has 130 valence electrons. The van der Waals surface area contributed by atoms with Gasteiger partial charge in [-0.3, -0.25) is 9.48 Å². The van der Waals surface area contributed by atoms with E-state index in [9.17, 15) is 9.18 Å². The zero-order valence-electron chi connectivity index (χ0n) is 14.0. The van der Waals surface area contributed by atoms with Crippen molar-refractivity contribution in [2.75, 3.05) is 5.32 Å². The van der Waals surface area contributed by atoms with Gasteiger partial charge in [0.2, 0.25) is 0 Å². The molecule has 1 amide bonds. The Morgan fingerprint density at radius 2 is 2.04 bits per heavy atom. The van der Waals surface area contributed by atoms with E-state index in [0.717, 1.165) is 5.69 Å². The fourth-order valence-electron chi connectivity index (χ4n) is 2.33. The normalized spacial score (nSPS) is 10.7. The molecule has 0 atom stereocenters. The zero-order valence-corrected chi connectivity index (χ0v) is 14.0. The number of aryl methyl sites for hydroxylation is 3. The predicted octanol–water partition coefficient (Wildman–Crippen LogP) is 3.00. The Morgan fingerprint density at radius 3 is 2.68 bits per heavy atom. The van der Waals surface area contributed by atoms with Gasteiger partial charge >= 0.3 is 0 Å². The van der Waals surface area contributed by atoms with Crippen molar-refractivity contribution in [2.45, 2.75) is 20.5 Å². The maximum Gasteiger partial charge on any atom is 0.279 e. The molecule has 0 aliphatic carbocycles. The minimum atomic E-state index is -0.419. The van der Waals surface area contributed by atoms with Crippen LogP contribution in [0.3, 0.4) is 0 Å². The topological polar surface area (TPSA) is 82.2 Å². The first-order valence-electron chi connectivity index (χ1n) is 7.59. The molecule has 25 heavy (non-hydrogen) atoms. The average molecular weight is 344 g/mol. The highest BCUT2D eigenvalue weighted by atomic mass is 19.1. The molecule has 0 spiro atoms. The first kappa shape index (κ1) is 16.7. The lowest BCUT2D eigenvalue weighted by Gasteiger charge is -2.07. The van der Waals surface area contributed by atoms with Crippen LogP contribution in [-0.4, -0.2) is 20.8 Å². The second-order valence-corrected chi connectivity index (χ2v) is 5.56. The molecule has 0 bridgehead atoms. The molecule has 1 aromatic carbocycles. The number of nitrogens with zero attached hydrogens (tertiary/aromatic N) is 3. The molecule has 1 N–H and O–H groups in total. The van der Waals surface area contributed by atoms with Crippen LogP contribution in [-0.2, 0) is 13.7 Å². The number of nitrogens with one attached hydrogen (secondary N) is 1. The number of hydrogen-bond acceptors (Lipinski definition) is 5. The van der Waals surface area contributed by atoms with Gasteiger partial charge in [0.15, 0.2) is 5.69 Å². The molecular weight excluding hydrogens is 327 g/mol. The van der Waals surface area contributed by atoms with Gasteiger partial charge in [-0.15, -0.1) is 0 Å². The van der Waals surface area contributed by atoms with Crippen molar-refractivity contribution >= 4 is 11.7 Å². The quantitative estimate of drug-likeness (QED) is 0.769. The van der Waals surface area contributed by atoms with Gasteiger partial charge in [0, 0.05) is 13.1 Å². The Labute approximate surface area is 143 Å². The summed E-state index contributed by atoms with van der Waals surface area (Å²) in [5.74, 6) is 0.746. The van der Waals surface area contributed by atoms with E-state index in [2.05, 4.69) is 15.6 Å². The van der Waals surface area contributed by atoms with Crippen LogP contribution in [0.1, 0.15) is 27.5 Å². The third kappa shape index (κ3) is 3.68. The Kier molecular flexibility index (Phi) is 4.51. The van der Waals surface area contributed by atoms with E-state index in [0.29, 0.717) is 22.9 Å². The first-order valence-corrected chi connectivity index (χ1v) is 7.59. The lowest BCUT2D eigenvalue weighted by atomic mass is 10.2. The highest BCUT2D eigenvalue weighted by molar-refractivity contribution is 6.03. The summed E-state index contributed by atoms with van der Waals surface area (Å²) in [5.41, 5.74) is 1.45. The summed E-state index contributed by atoms with van der Waals surface area (Å²) in [6, 6.07) is 7.37. The van der Waals surface area contributed by atoms with Crippen molar-refractivity contribution in [1.82, 2.24) is 14.9 Å². The minimum absolute atomic E-state index is 0.0775. The number of anilines is 1. The number of rotatable bonds is 5. The van der Waals surface area contributed by atoms with Gasteiger partial charge in [-0.2, -0.15) is 5.10 Å². The molecule has 7 nitrogen and oxygen atoms in total. The summed E-state index contributed by atoms with van der Waals surface area (Å²) in [6.45, 7) is 3.60. The number of amides is 1.